The van der Waals surface area contributed by atoms with Gasteiger partial charge in [0.25, 0.3) is 0 Å². The van der Waals surface area contributed by atoms with Crippen LogP contribution in [0.25, 0.3) is 0 Å². The average Bonchev–Trinajstić information content (AvgIpc) is 3.04. The zero-order valence-corrected chi connectivity index (χ0v) is 15.4. The molecule has 2 aromatic rings. The van der Waals surface area contributed by atoms with Crippen molar-refractivity contribution in [2.24, 2.45) is 0 Å². The van der Waals surface area contributed by atoms with Crippen LogP contribution in [0.3, 0.4) is 0 Å². The first-order valence-corrected chi connectivity index (χ1v) is 8.87. The highest BCUT2D eigenvalue weighted by atomic mass is 127. The van der Waals surface area contributed by atoms with Gasteiger partial charge in [-0.3, -0.25) is 9.88 Å². The van der Waals surface area contributed by atoms with Crippen LogP contribution in [0, 0.1) is 20.8 Å². The van der Waals surface area contributed by atoms with Gasteiger partial charge in [-0.25, -0.2) is 0 Å². The topological polar surface area (TPSA) is 55.1 Å². The number of likely N-dealkylation sites (tertiary alicyclic amines) is 1. The van der Waals surface area contributed by atoms with E-state index in [-0.39, 0.29) is 0 Å². The zero-order valence-electron chi connectivity index (χ0n) is 13.3. The highest BCUT2D eigenvalue weighted by Gasteiger charge is 2.21. The fourth-order valence-electron chi connectivity index (χ4n) is 2.87. The molecule has 2 aromatic heterocycles. The van der Waals surface area contributed by atoms with Crippen molar-refractivity contribution in [3.05, 3.63) is 40.4 Å². The van der Waals surface area contributed by atoms with Crippen LogP contribution < -0.4 is 0 Å². The van der Waals surface area contributed by atoms with Gasteiger partial charge in [0.1, 0.15) is 0 Å². The van der Waals surface area contributed by atoms with Crippen molar-refractivity contribution in [2.45, 2.75) is 44.1 Å². The molecule has 1 aliphatic heterocycles. The zero-order chi connectivity index (χ0) is 15.7. The van der Waals surface area contributed by atoms with Crippen LogP contribution in [0.2, 0.25) is 0 Å². The van der Waals surface area contributed by atoms with Crippen molar-refractivity contribution in [1.29, 1.82) is 0 Å². The number of rotatable bonds is 4. The van der Waals surface area contributed by atoms with Gasteiger partial charge in [-0.2, -0.15) is 0 Å². The lowest BCUT2D eigenvalue weighted by atomic mass is 10.1. The van der Waals surface area contributed by atoms with Crippen LogP contribution in [0.1, 0.15) is 40.7 Å². The van der Waals surface area contributed by atoms with Crippen molar-refractivity contribution in [1.82, 2.24) is 20.1 Å². The first kappa shape index (κ1) is 15.9. The molecular formula is C16H21IN4O. The van der Waals surface area contributed by atoms with Gasteiger partial charge >= 0.3 is 0 Å². The Kier molecular flexibility index (Phi) is 4.77. The van der Waals surface area contributed by atoms with E-state index in [9.17, 15) is 0 Å². The second kappa shape index (κ2) is 6.62. The molecule has 118 valence electrons. The molecule has 0 N–H and O–H groups in total. The Hall–Kier alpha value is -1.02. The Balaban J connectivity index is 1.75. The fourth-order valence-corrected chi connectivity index (χ4v) is 3.71. The van der Waals surface area contributed by atoms with E-state index in [1.54, 1.807) is 0 Å². The second-order valence-corrected chi connectivity index (χ2v) is 7.77. The molecule has 5 nitrogen and oxygen atoms in total. The molecule has 3 rings (SSSR count). The summed E-state index contributed by atoms with van der Waals surface area (Å²) < 4.78 is 6.24. The van der Waals surface area contributed by atoms with E-state index in [0.717, 1.165) is 21.9 Å². The van der Waals surface area contributed by atoms with Crippen LogP contribution in [0.15, 0.2) is 10.5 Å². The molecule has 0 bridgehead atoms. The van der Waals surface area contributed by atoms with E-state index >= 15 is 0 Å². The predicted molar refractivity (Wildman–Crippen MR) is 93.3 cm³/mol. The van der Waals surface area contributed by atoms with E-state index in [1.807, 2.05) is 6.92 Å². The lowest BCUT2D eigenvalue weighted by molar-refractivity contribution is 0.331. The normalized spacial score (nSPS) is 19.0. The lowest BCUT2D eigenvalue weighted by Crippen LogP contribution is -2.21. The summed E-state index contributed by atoms with van der Waals surface area (Å²) in [5.74, 6) is 1.23. The van der Waals surface area contributed by atoms with Crippen LogP contribution in [-0.2, 0) is 13.0 Å². The molecule has 1 unspecified atom stereocenters. The Labute approximate surface area is 144 Å². The van der Waals surface area contributed by atoms with Gasteiger partial charge < -0.3 is 4.42 Å². The summed E-state index contributed by atoms with van der Waals surface area (Å²) in [7, 11) is 0. The minimum absolute atomic E-state index is 0.600. The molecule has 0 amide bonds. The van der Waals surface area contributed by atoms with E-state index < -0.39 is 0 Å². The first-order valence-electron chi connectivity index (χ1n) is 7.62. The quantitative estimate of drug-likeness (QED) is 0.571. The van der Waals surface area contributed by atoms with E-state index in [4.69, 9.17) is 9.40 Å². The summed E-state index contributed by atoms with van der Waals surface area (Å²) in [6.07, 6.45) is 1.90. The van der Waals surface area contributed by atoms with Crippen LogP contribution in [0.5, 0.6) is 0 Å². The van der Waals surface area contributed by atoms with E-state index in [0.29, 0.717) is 18.2 Å². The lowest BCUT2D eigenvalue weighted by Gasteiger charge is -2.17. The van der Waals surface area contributed by atoms with Gasteiger partial charge in [0.2, 0.25) is 11.8 Å². The molecule has 3 heterocycles. The molecule has 1 atom stereocenters. The predicted octanol–water partition coefficient (Wildman–Crippen LogP) is 2.99. The van der Waals surface area contributed by atoms with Crippen LogP contribution in [-0.4, -0.2) is 37.1 Å². The smallest absolute Gasteiger partial charge is 0.222 e. The first-order chi connectivity index (χ1) is 10.5. The summed E-state index contributed by atoms with van der Waals surface area (Å²) in [6.45, 7) is 9.38. The number of hydrogen-bond acceptors (Lipinski definition) is 5. The Morgan fingerprint density at radius 2 is 2.14 bits per heavy atom. The number of hydrogen-bond donors (Lipinski definition) is 0. The SMILES string of the molecule is Cc1nnc(Cc2nc(C)c(CN3CCC(I)C3)cc2C)o1. The summed E-state index contributed by atoms with van der Waals surface area (Å²) in [6, 6.07) is 2.27. The minimum atomic E-state index is 0.600. The number of nitrogens with zero attached hydrogens (tertiary/aromatic N) is 4. The van der Waals surface area contributed by atoms with E-state index in [2.05, 4.69) is 57.6 Å². The summed E-state index contributed by atoms with van der Waals surface area (Å²) >= 11 is 2.54. The molecule has 0 aromatic carbocycles. The van der Waals surface area contributed by atoms with Crippen molar-refractivity contribution >= 4 is 22.6 Å². The summed E-state index contributed by atoms with van der Waals surface area (Å²) in [5, 5.41) is 7.94. The van der Waals surface area contributed by atoms with Gasteiger partial charge in [-0.05, 0) is 37.9 Å². The van der Waals surface area contributed by atoms with Gasteiger partial charge in [0.05, 0.1) is 12.1 Å². The molecule has 0 radical (unpaired) electrons. The van der Waals surface area contributed by atoms with Gasteiger partial charge in [0, 0.05) is 29.6 Å². The molecule has 0 spiro atoms. The maximum Gasteiger partial charge on any atom is 0.222 e. The maximum atomic E-state index is 5.46. The molecule has 0 aliphatic carbocycles. The minimum Gasteiger partial charge on any atom is -0.425 e. The Morgan fingerprint density at radius 3 is 2.77 bits per heavy atom. The van der Waals surface area contributed by atoms with Gasteiger partial charge in [-0.1, -0.05) is 28.7 Å². The highest BCUT2D eigenvalue weighted by Crippen LogP contribution is 2.22. The second-order valence-electron chi connectivity index (χ2n) is 6.01. The number of aromatic nitrogens is 3. The number of aryl methyl sites for hydroxylation is 3. The molecule has 0 saturated carbocycles. The van der Waals surface area contributed by atoms with Gasteiger partial charge in [0.15, 0.2) is 0 Å². The molecule has 1 fully saturated rings. The van der Waals surface area contributed by atoms with E-state index in [1.165, 1.54) is 30.6 Å². The highest BCUT2D eigenvalue weighted by molar-refractivity contribution is 14.1. The van der Waals surface area contributed by atoms with Gasteiger partial charge in [-0.15, -0.1) is 10.2 Å². The monoisotopic (exact) mass is 412 g/mol. The largest absolute Gasteiger partial charge is 0.425 e. The number of halogens is 1. The molecule has 1 saturated heterocycles. The van der Waals surface area contributed by atoms with Crippen LogP contribution in [0.4, 0.5) is 0 Å². The molecule has 1 aliphatic rings. The third-order valence-corrected chi connectivity index (χ3v) is 5.13. The third-order valence-electron chi connectivity index (χ3n) is 4.11. The van der Waals surface area contributed by atoms with Crippen molar-refractivity contribution in [3.8, 4) is 0 Å². The third kappa shape index (κ3) is 3.65. The Bertz CT molecular complexity index is 670. The molecule has 22 heavy (non-hydrogen) atoms. The summed E-state index contributed by atoms with van der Waals surface area (Å²) in [5.41, 5.74) is 4.65. The number of pyridine rings is 1. The summed E-state index contributed by atoms with van der Waals surface area (Å²) in [4.78, 5) is 7.30. The molecular weight excluding hydrogens is 391 g/mol. The number of alkyl halides is 1. The Morgan fingerprint density at radius 1 is 1.32 bits per heavy atom. The fraction of sp³-hybridized carbons (Fsp3) is 0.562. The standard InChI is InChI=1S/C16H21IN4O/c1-10-6-13(8-21-5-4-14(17)9-21)11(2)18-15(10)7-16-20-19-12(3)22-16/h6,14H,4-5,7-9H2,1-3H3. The average molecular weight is 412 g/mol. The molecule has 6 heteroatoms. The maximum absolute atomic E-state index is 5.46. The van der Waals surface area contributed by atoms with Crippen molar-refractivity contribution < 1.29 is 4.42 Å². The van der Waals surface area contributed by atoms with Crippen molar-refractivity contribution in [2.75, 3.05) is 13.1 Å². The van der Waals surface area contributed by atoms with Crippen LogP contribution >= 0.6 is 22.6 Å². The van der Waals surface area contributed by atoms with Crippen molar-refractivity contribution in [3.63, 3.8) is 0 Å².